The maximum atomic E-state index is 12.6. The van der Waals surface area contributed by atoms with Gasteiger partial charge >= 0.3 is 0 Å². The molecule has 0 bridgehead atoms. The molecule has 0 aromatic heterocycles. The number of hydrogen-bond acceptors (Lipinski definition) is 5. The van der Waals surface area contributed by atoms with E-state index in [4.69, 9.17) is 0 Å². The van der Waals surface area contributed by atoms with Crippen molar-refractivity contribution in [3.8, 4) is 0 Å². The normalized spacial score (nSPS) is 13.9. The summed E-state index contributed by atoms with van der Waals surface area (Å²) in [5.74, 6) is -0.595. The molecule has 0 fully saturated rings. The van der Waals surface area contributed by atoms with Crippen LogP contribution in [0.2, 0.25) is 0 Å². The van der Waals surface area contributed by atoms with Crippen LogP contribution in [0.5, 0.6) is 0 Å². The van der Waals surface area contributed by atoms with Gasteiger partial charge in [0.1, 0.15) is 12.2 Å². The quantitative estimate of drug-likeness (QED) is 0.0308. The standard InChI is InChI=1S/C64H123NO5/c1-3-5-7-9-11-13-15-17-19-21-23-25-27-29-30-31-32-34-35-37-39-41-43-45-47-49-51-53-55-57-61(67)63(69)60(59-66)65-64(70)62(68)58-56-54-52-50-48-46-44-42-40-38-36-33-28-26-24-22-20-18-16-14-12-10-8-6-4-2/h33,36,41,43,49,51,60-63,66-69H,3-32,34-35,37-40,42,44-48,50,52-59H2,1-2H3,(H,65,70)/b36-33-,43-41+,51-49+. The summed E-state index contributed by atoms with van der Waals surface area (Å²) in [6.07, 6.45) is 73.8. The fourth-order valence-electron chi connectivity index (χ4n) is 9.89. The molecule has 6 heteroatoms. The molecule has 6 nitrogen and oxygen atoms in total. The number of unbranched alkanes of at least 4 members (excludes halogenated alkanes) is 43. The third-order valence-electron chi connectivity index (χ3n) is 14.8. The molecule has 0 saturated heterocycles. The Kier molecular flexibility index (Phi) is 57.2. The van der Waals surface area contributed by atoms with Crippen LogP contribution in [0.15, 0.2) is 36.5 Å². The lowest BCUT2D eigenvalue weighted by Crippen LogP contribution is -2.53. The SMILES string of the molecule is CCCCCCCCCCCCCC/C=C\CCCCCCCCCCCC(O)C(=O)NC(CO)C(O)C(O)CCC/C=C/CC/C=C/CCCCCCCCCCCCCCCCCCCCCC. The number of allylic oxidation sites excluding steroid dienone is 6. The van der Waals surface area contributed by atoms with E-state index in [2.05, 4.69) is 55.6 Å². The van der Waals surface area contributed by atoms with Gasteiger partial charge in [-0.15, -0.1) is 0 Å². The van der Waals surface area contributed by atoms with Gasteiger partial charge in [-0.2, -0.15) is 0 Å². The maximum Gasteiger partial charge on any atom is 0.249 e. The molecule has 0 aliphatic carbocycles. The van der Waals surface area contributed by atoms with Crippen LogP contribution in [0.1, 0.15) is 335 Å². The number of hydrogen-bond donors (Lipinski definition) is 5. The fraction of sp³-hybridized carbons (Fsp3) is 0.891. The second kappa shape index (κ2) is 58.4. The van der Waals surface area contributed by atoms with E-state index in [9.17, 15) is 25.2 Å². The minimum absolute atomic E-state index is 0.358. The van der Waals surface area contributed by atoms with E-state index in [1.807, 2.05) is 0 Å². The molecular weight excluding hydrogens is 863 g/mol. The van der Waals surface area contributed by atoms with Crippen LogP contribution in [0, 0.1) is 0 Å². The zero-order chi connectivity index (χ0) is 50.9. The molecule has 1 amide bonds. The summed E-state index contributed by atoms with van der Waals surface area (Å²) in [6, 6.07) is -1.01. The Morgan fingerprint density at radius 2 is 0.600 bits per heavy atom. The molecule has 4 unspecified atom stereocenters. The van der Waals surface area contributed by atoms with E-state index in [-0.39, 0.29) is 0 Å². The third-order valence-corrected chi connectivity index (χ3v) is 14.8. The number of carbonyl (C=O) groups excluding carboxylic acids is 1. The highest BCUT2D eigenvalue weighted by molar-refractivity contribution is 5.80. The van der Waals surface area contributed by atoms with Gasteiger partial charge in [-0.1, -0.05) is 294 Å². The molecule has 0 spiro atoms. The summed E-state index contributed by atoms with van der Waals surface area (Å²) < 4.78 is 0. The van der Waals surface area contributed by atoms with Gasteiger partial charge in [-0.3, -0.25) is 4.79 Å². The van der Waals surface area contributed by atoms with E-state index in [1.165, 1.54) is 263 Å². The lowest BCUT2D eigenvalue weighted by molar-refractivity contribution is -0.132. The largest absolute Gasteiger partial charge is 0.394 e. The number of aliphatic hydroxyl groups excluding tert-OH is 4. The zero-order valence-corrected chi connectivity index (χ0v) is 47.0. The molecule has 0 aromatic rings. The van der Waals surface area contributed by atoms with Crippen molar-refractivity contribution in [3.05, 3.63) is 36.5 Å². The first-order valence-electron chi connectivity index (χ1n) is 31.4. The van der Waals surface area contributed by atoms with Crippen molar-refractivity contribution in [2.75, 3.05) is 6.61 Å². The monoisotopic (exact) mass is 986 g/mol. The van der Waals surface area contributed by atoms with E-state index >= 15 is 0 Å². The van der Waals surface area contributed by atoms with Crippen molar-refractivity contribution in [1.82, 2.24) is 5.32 Å². The second-order valence-corrected chi connectivity index (χ2v) is 21.7. The van der Waals surface area contributed by atoms with Crippen LogP contribution in [0.25, 0.3) is 0 Å². The summed E-state index contributed by atoms with van der Waals surface area (Å²) in [5, 5.41) is 44.1. The van der Waals surface area contributed by atoms with Crippen LogP contribution in [-0.2, 0) is 4.79 Å². The molecule has 4 atom stereocenters. The number of aliphatic hydroxyl groups is 4. The molecule has 0 rings (SSSR count). The first kappa shape index (κ1) is 68.5. The summed E-state index contributed by atoms with van der Waals surface area (Å²) in [7, 11) is 0. The van der Waals surface area contributed by atoms with Gasteiger partial charge in [0.2, 0.25) is 5.91 Å². The van der Waals surface area contributed by atoms with Gasteiger partial charge in [-0.05, 0) is 77.0 Å². The van der Waals surface area contributed by atoms with Crippen LogP contribution in [-0.4, -0.2) is 57.3 Å². The highest BCUT2D eigenvalue weighted by Gasteiger charge is 2.28. The van der Waals surface area contributed by atoms with Crippen molar-refractivity contribution in [3.63, 3.8) is 0 Å². The first-order chi connectivity index (χ1) is 34.5. The second-order valence-electron chi connectivity index (χ2n) is 21.7. The summed E-state index contributed by atoms with van der Waals surface area (Å²) in [5.41, 5.74) is 0. The van der Waals surface area contributed by atoms with Crippen LogP contribution < -0.4 is 5.32 Å². The Hall–Kier alpha value is -1.47. The van der Waals surface area contributed by atoms with Crippen LogP contribution >= 0.6 is 0 Å². The Bertz CT molecular complexity index is 1110. The summed E-state index contributed by atoms with van der Waals surface area (Å²) >= 11 is 0. The molecular formula is C64H123NO5. The molecule has 414 valence electrons. The van der Waals surface area contributed by atoms with Crippen molar-refractivity contribution >= 4 is 5.91 Å². The van der Waals surface area contributed by atoms with Crippen molar-refractivity contribution in [2.45, 2.75) is 359 Å². The molecule has 70 heavy (non-hydrogen) atoms. The molecule has 0 aliphatic rings. The molecule has 0 aromatic carbocycles. The van der Waals surface area contributed by atoms with E-state index in [0.29, 0.717) is 19.3 Å². The average Bonchev–Trinajstić information content (AvgIpc) is 3.36. The minimum Gasteiger partial charge on any atom is -0.394 e. The number of nitrogens with one attached hydrogen (secondary N) is 1. The van der Waals surface area contributed by atoms with E-state index < -0.39 is 36.9 Å². The number of carbonyl (C=O) groups is 1. The van der Waals surface area contributed by atoms with Crippen molar-refractivity contribution < 1.29 is 25.2 Å². The molecule has 0 saturated carbocycles. The molecule has 0 aliphatic heterocycles. The van der Waals surface area contributed by atoms with Gasteiger partial charge in [0.05, 0.1) is 18.8 Å². The number of rotatable bonds is 58. The van der Waals surface area contributed by atoms with Gasteiger partial charge in [0.25, 0.3) is 0 Å². The molecule has 0 radical (unpaired) electrons. The Morgan fingerprint density at radius 3 is 0.900 bits per heavy atom. The van der Waals surface area contributed by atoms with Crippen molar-refractivity contribution in [1.29, 1.82) is 0 Å². The van der Waals surface area contributed by atoms with E-state index in [1.54, 1.807) is 0 Å². The lowest BCUT2D eigenvalue weighted by Gasteiger charge is -2.27. The van der Waals surface area contributed by atoms with E-state index in [0.717, 1.165) is 38.5 Å². The van der Waals surface area contributed by atoms with Crippen LogP contribution in [0.3, 0.4) is 0 Å². The minimum atomic E-state index is -1.29. The smallest absolute Gasteiger partial charge is 0.249 e. The topological polar surface area (TPSA) is 110 Å². The highest BCUT2D eigenvalue weighted by Crippen LogP contribution is 2.18. The average molecular weight is 987 g/mol. The van der Waals surface area contributed by atoms with Crippen molar-refractivity contribution in [2.24, 2.45) is 0 Å². The molecule has 5 N–H and O–H groups in total. The number of amides is 1. The summed E-state index contributed by atoms with van der Waals surface area (Å²) in [4.78, 5) is 12.6. The van der Waals surface area contributed by atoms with Gasteiger partial charge in [-0.25, -0.2) is 0 Å². The van der Waals surface area contributed by atoms with Crippen LogP contribution in [0.4, 0.5) is 0 Å². The maximum absolute atomic E-state index is 12.6. The predicted octanol–water partition coefficient (Wildman–Crippen LogP) is 18.8. The summed E-state index contributed by atoms with van der Waals surface area (Å²) in [6.45, 7) is 4.08. The lowest BCUT2D eigenvalue weighted by atomic mass is 10.00. The third kappa shape index (κ3) is 51.4. The predicted molar refractivity (Wildman–Crippen MR) is 307 cm³/mol. The highest BCUT2D eigenvalue weighted by atomic mass is 16.3. The Labute approximate surface area is 437 Å². The van der Waals surface area contributed by atoms with Gasteiger partial charge in [0.15, 0.2) is 0 Å². The fourth-order valence-corrected chi connectivity index (χ4v) is 9.89. The molecule has 0 heterocycles. The Balaban J connectivity index is 3.64. The zero-order valence-electron chi connectivity index (χ0n) is 47.0. The first-order valence-corrected chi connectivity index (χ1v) is 31.4. The van der Waals surface area contributed by atoms with Gasteiger partial charge in [0, 0.05) is 0 Å². The Morgan fingerprint density at radius 1 is 0.343 bits per heavy atom. The van der Waals surface area contributed by atoms with Gasteiger partial charge < -0.3 is 25.7 Å².